The van der Waals surface area contributed by atoms with Gasteiger partial charge in [-0.15, -0.1) is 0 Å². The van der Waals surface area contributed by atoms with Crippen LogP contribution in [0, 0.1) is 0 Å². The van der Waals surface area contributed by atoms with E-state index in [0.717, 1.165) is 17.5 Å². The minimum absolute atomic E-state index is 0.0487. The highest BCUT2D eigenvalue weighted by atomic mass is 19.4. The summed E-state index contributed by atoms with van der Waals surface area (Å²) in [5, 5.41) is 11.5. The van der Waals surface area contributed by atoms with Gasteiger partial charge in [-0.3, -0.25) is 0 Å². The van der Waals surface area contributed by atoms with E-state index in [2.05, 4.69) is 15.0 Å². The third-order valence-corrected chi connectivity index (χ3v) is 4.49. The number of nitrogens with one attached hydrogen (secondary N) is 1. The first-order chi connectivity index (χ1) is 13.9. The van der Waals surface area contributed by atoms with Crippen molar-refractivity contribution in [1.29, 1.82) is 0 Å². The second kappa shape index (κ2) is 7.56. The van der Waals surface area contributed by atoms with E-state index in [-0.39, 0.29) is 12.5 Å². The molecule has 0 amide bonds. The van der Waals surface area contributed by atoms with E-state index in [4.69, 9.17) is 4.74 Å². The molecule has 2 N–H and O–H groups in total. The van der Waals surface area contributed by atoms with Crippen LogP contribution in [0.25, 0.3) is 11.0 Å². The average molecular weight is 399 g/mol. The Morgan fingerprint density at radius 1 is 1.07 bits per heavy atom. The molecule has 4 aromatic rings. The summed E-state index contributed by atoms with van der Waals surface area (Å²) in [5.41, 5.74) is 1.57. The number of benzene rings is 1. The van der Waals surface area contributed by atoms with Gasteiger partial charge in [0.1, 0.15) is 18.4 Å². The summed E-state index contributed by atoms with van der Waals surface area (Å²) >= 11 is 0. The SMILES string of the molecule is OC(c1ccc(OCc2cccc(C(F)(F)F)c2)nc1)c1c[nH]c2ncccc12. The lowest BCUT2D eigenvalue weighted by Crippen LogP contribution is -2.06. The van der Waals surface area contributed by atoms with Gasteiger partial charge in [-0.2, -0.15) is 13.2 Å². The van der Waals surface area contributed by atoms with Crippen LogP contribution in [0.3, 0.4) is 0 Å². The first-order valence-electron chi connectivity index (χ1n) is 8.77. The van der Waals surface area contributed by atoms with Crippen LogP contribution >= 0.6 is 0 Å². The maximum atomic E-state index is 12.8. The number of fused-ring (bicyclic) bond motifs is 1. The van der Waals surface area contributed by atoms with Gasteiger partial charge in [0.15, 0.2) is 0 Å². The number of aliphatic hydroxyl groups excluding tert-OH is 1. The molecule has 29 heavy (non-hydrogen) atoms. The predicted molar refractivity (Wildman–Crippen MR) is 100 cm³/mol. The van der Waals surface area contributed by atoms with Gasteiger partial charge in [0.05, 0.1) is 5.56 Å². The van der Waals surface area contributed by atoms with E-state index in [0.29, 0.717) is 22.3 Å². The molecule has 0 aliphatic rings. The minimum Gasteiger partial charge on any atom is -0.473 e. The number of aromatic amines is 1. The van der Waals surface area contributed by atoms with E-state index in [1.807, 2.05) is 6.07 Å². The maximum Gasteiger partial charge on any atom is 0.416 e. The van der Waals surface area contributed by atoms with Crippen molar-refractivity contribution < 1.29 is 23.0 Å². The molecule has 5 nitrogen and oxygen atoms in total. The molecule has 3 aromatic heterocycles. The molecule has 0 saturated heterocycles. The second-order valence-electron chi connectivity index (χ2n) is 6.46. The van der Waals surface area contributed by atoms with Crippen LogP contribution in [0.4, 0.5) is 13.2 Å². The summed E-state index contributed by atoms with van der Waals surface area (Å²) in [6, 6.07) is 11.8. The van der Waals surface area contributed by atoms with Gasteiger partial charge < -0.3 is 14.8 Å². The van der Waals surface area contributed by atoms with Crippen molar-refractivity contribution >= 4 is 11.0 Å². The molecule has 0 aliphatic carbocycles. The van der Waals surface area contributed by atoms with E-state index < -0.39 is 17.8 Å². The Hall–Kier alpha value is -3.39. The number of halogens is 3. The van der Waals surface area contributed by atoms with Crippen LogP contribution in [0.15, 0.2) is 67.1 Å². The highest BCUT2D eigenvalue weighted by Gasteiger charge is 2.30. The summed E-state index contributed by atoms with van der Waals surface area (Å²) in [4.78, 5) is 11.3. The zero-order valence-corrected chi connectivity index (χ0v) is 15.0. The van der Waals surface area contributed by atoms with Crippen LogP contribution in [0.2, 0.25) is 0 Å². The molecule has 0 saturated carbocycles. The Labute approximate surface area is 163 Å². The fourth-order valence-corrected chi connectivity index (χ4v) is 3.02. The molecule has 4 rings (SSSR count). The normalized spacial score (nSPS) is 12.8. The Bertz CT molecular complexity index is 1120. The standard InChI is InChI=1S/C21H16F3N3O2/c22-21(23,24)15-4-1-3-13(9-15)12-29-18-7-6-14(10-26-18)19(28)17-11-27-20-16(17)5-2-8-25-20/h1-11,19,28H,12H2,(H,25,27). The number of nitrogens with zero attached hydrogens (tertiary/aromatic N) is 2. The Balaban J connectivity index is 1.46. The van der Waals surface area contributed by atoms with E-state index in [9.17, 15) is 18.3 Å². The number of hydrogen-bond donors (Lipinski definition) is 2. The fourth-order valence-electron chi connectivity index (χ4n) is 3.02. The fraction of sp³-hybridized carbons (Fsp3) is 0.143. The number of aromatic nitrogens is 3. The molecule has 1 atom stereocenters. The molecular formula is C21H16F3N3O2. The quantitative estimate of drug-likeness (QED) is 0.513. The highest BCUT2D eigenvalue weighted by Crippen LogP contribution is 2.30. The first-order valence-corrected chi connectivity index (χ1v) is 8.77. The first kappa shape index (κ1) is 18.9. The monoisotopic (exact) mass is 399 g/mol. The molecule has 0 aliphatic heterocycles. The summed E-state index contributed by atoms with van der Waals surface area (Å²) in [6.45, 7) is -0.0487. The number of hydrogen-bond acceptors (Lipinski definition) is 4. The summed E-state index contributed by atoms with van der Waals surface area (Å²) in [5.74, 6) is 0.249. The number of rotatable bonds is 5. The zero-order valence-electron chi connectivity index (χ0n) is 15.0. The molecule has 3 heterocycles. The summed E-state index contributed by atoms with van der Waals surface area (Å²) in [6.07, 6.45) is -0.475. The minimum atomic E-state index is -4.40. The van der Waals surface area contributed by atoms with Crippen molar-refractivity contribution in [3.63, 3.8) is 0 Å². The smallest absolute Gasteiger partial charge is 0.416 e. The molecule has 148 valence electrons. The Morgan fingerprint density at radius 2 is 1.93 bits per heavy atom. The lowest BCUT2D eigenvalue weighted by Gasteiger charge is -2.12. The lowest BCUT2D eigenvalue weighted by atomic mass is 10.0. The van der Waals surface area contributed by atoms with E-state index >= 15 is 0 Å². The number of H-pyrrole nitrogens is 1. The molecular weight excluding hydrogens is 383 g/mol. The van der Waals surface area contributed by atoms with Gasteiger partial charge in [-0.1, -0.05) is 12.1 Å². The van der Waals surface area contributed by atoms with Crippen molar-refractivity contribution in [3.8, 4) is 5.88 Å². The van der Waals surface area contributed by atoms with Crippen molar-refractivity contribution in [2.24, 2.45) is 0 Å². The van der Waals surface area contributed by atoms with Crippen molar-refractivity contribution in [2.75, 3.05) is 0 Å². The van der Waals surface area contributed by atoms with Gasteiger partial charge in [0.25, 0.3) is 0 Å². The molecule has 0 radical (unpaired) electrons. The van der Waals surface area contributed by atoms with E-state index in [1.165, 1.54) is 12.3 Å². The third-order valence-electron chi connectivity index (χ3n) is 4.49. The van der Waals surface area contributed by atoms with Crippen molar-refractivity contribution in [1.82, 2.24) is 15.0 Å². The number of pyridine rings is 2. The average Bonchev–Trinajstić information content (AvgIpc) is 3.16. The number of aliphatic hydroxyl groups is 1. The van der Waals surface area contributed by atoms with Crippen LogP contribution in [0.5, 0.6) is 5.88 Å². The Kier molecular flexibility index (Phi) is 4.94. The molecule has 1 aromatic carbocycles. The van der Waals surface area contributed by atoms with Crippen LogP contribution in [-0.2, 0) is 12.8 Å². The molecule has 0 spiro atoms. The molecule has 8 heteroatoms. The van der Waals surface area contributed by atoms with Crippen LogP contribution < -0.4 is 4.74 Å². The largest absolute Gasteiger partial charge is 0.473 e. The van der Waals surface area contributed by atoms with E-state index in [1.54, 1.807) is 36.7 Å². The summed E-state index contributed by atoms with van der Waals surface area (Å²) < 4.78 is 43.8. The molecule has 0 bridgehead atoms. The van der Waals surface area contributed by atoms with Gasteiger partial charge in [0.2, 0.25) is 5.88 Å². The second-order valence-corrected chi connectivity index (χ2v) is 6.46. The highest BCUT2D eigenvalue weighted by molar-refractivity contribution is 5.80. The van der Waals surface area contributed by atoms with Gasteiger partial charge in [-0.25, -0.2) is 9.97 Å². The lowest BCUT2D eigenvalue weighted by molar-refractivity contribution is -0.137. The third kappa shape index (κ3) is 4.07. The zero-order chi connectivity index (χ0) is 20.4. The van der Waals surface area contributed by atoms with Crippen LogP contribution in [0.1, 0.15) is 28.4 Å². The van der Waals surface area contributed by atoms with Crippen LogP contribution in [-0.4, -0.2) is 20.1 Å². The molecule has 0 fully saturated rings. The number of alkyl halides is 3. The van der Waals surface area contributed by atoms with Gasteiger partial charge >= 0.3 is 6.18 Å². The van der Waals surface area contributed by atoms with Crippen molar-refractivity contribution in [3.05, 3.63) is 89.4 Å². The number of ether oxygens (including phenoxy) is 1. The topological polar surface area (TPSA) is 71.0 Å². The summed E-state index contributed by atoms with van der Waals surface area (Å²) in [7, 11) is 0. The van der Waals surface area contributed by atoms with Crippen molar-refractivity contribution in [2.45, 2.75) is 18.9 Å². The van der Waals surface area contributed by atoms with Gasteiger partial charge in [-0.05, 0) is 35.9 Å². The molecule has 1 unspecified atom stereocenters. The predicted octanol–water partition coefficient (Wildman–Crippen LogP) is 4.64. The Morgan fingerprint density at radius 3 is 2.69 bits per heavy atom. The van der Waals surface area contributed by atoms with Gasteiger partial charge in [0, 0.05) is 41.2 Å². The maximum absolute atomic E-state index is 12.8.